The highest BCUT2D eigenvalue weighted by Gasteiger charge is 2.16. The smallest absolute Gasteiger partial charge is 0.303 e. The van der Waals surface area contributed by atoms with Crippen molar-refractivity contribution < 1.29 is 14.6 Å². The van der Waals surface area contributed by atoms with E-state index in [2.05, 4.69) is 47.9 Å². The van der Waals surface area contributed by atoms with Crippen molar-refractivity contribution in [3.05, 3.63) is 83.7 Å². The van der Waals surface area contributed by atoms with Crippen molar-refractivity contribution in [1.82, 2.24) is 9.55 Å². The summed E-state index contributed by atoms with van der Waals surface area (Å²) in [5.74, 6) is 0.934. The molecule has 1 aromatic heterocycles. The fourth-order valence-electron chi connectivity index (χ4n) is 3.89. The van der Waals surface area contributed by atoms with E-state index in [0.29, 0.717) is 19.4 Å². The Morgan fingerprint density at radius 2 is 1.79 bits per heavy atom. The molecule has 0 saturated carbocycles. The van der Waals surface area contributed by atoms with E-state index in [4.69, 9.17) is 27.5 Å². The predicted molar refractivity (Wildman–Crippen MR) is 134 cm³/mol. The number of hydrogen-bond donors (Lipinski definition) is 2. The monoisotopic (exact) mass is 460 g/mol. The maximum Gasteiger partial charge on any atom is 0.303 e. The average molecular weight is 461 g/mol. The van der Waals surface area contributed by atoms with Crippen molar-refractivity contribution >= 4 is 29.6 Å². The van der Waals surface area contributed by atoms with Crippen LogP contribution in [0.3, 0.4) is 0 Å². The van der Waals surface area contributed by atoms with Crippen molar-refractivity contribution in [2.75, 3.05) is 6.61 Å². The zero-order valence-corrected chi connectivity index (χ0v) is 19.6. The number of hydrogen-bond acceptors (Lipinski definition) is 4. The van der Waals surface area contributed by atoms with E-state index in [0.717, 1.165) is 46.0 Å². The van der Waals surface area contributed by atoms with Crippen LogP contribution in [0.25, 0.3) is 16.7 Å². The van der Waals surface area contributed by atoms with Gasteiger partial charge in [0.1, 0.15) is 17.1 Å². The second-order valence-corrected chi connectivity index (χ2v) is 8.71. The van der Waals surface area contributed by atoms with Gasteiger partial charge < -0.3 is 9.84 Å². The number of imidazole rings is 1. The average Bonchev–Trinajstić information content (AvgIpc) is 3.15. The number of aryl methyl sites for hydroxylation is 1. The van der Waals surface area contributed by atoms with Crippen molar-refractivity contribution in [2.45, 2.75) is 43.9 Å². The van der Waals surface area contributed by atoms with Crippen LogP contribution in [0, 0.1) is 6.92 Å². The highest BCUT2D eigenvalue weighted by molar-refractivity contribution is 7.80. The standard InChI is InChI=1S/C27H28N2O3S/c1-19-11-13-21(14-12-19)29-23-17-22(32-15-7-3-6-10-26(30)31)18-24(33)27(23)28-25(29)16-20-8-4-2-5-9-20/h2,4-5,8-9,11-14,17-18,33H,3,6-7,10,15-16H2,1H3,(H,30,31). The second-order valence-electron chi connectivity index (χ2n) is 8.22. The third kappa shape index (κ3) is 5.76. The molecule has 3 aromatic carbocycles. The molecule has 0 saturated heterocycles. The van der Waals surface area contributed by atoms with Gasteiger partial charge >= 0.3 is 5.97 Å². The largest absolute Gasteiger partial charge is 0.493 e. The molecule has 4 rings (SSSR count). The number of carboxylic acids is 1. The minimum atomic E-state index is -0.753. The summed E-state index contributed by atoms with van der Waals surface area (Å²) in [7, 11) is 0. The number of unbranched alkanes of at least 4 members (excludes halogenated alkanes) is 2. The van der Waals surface area contributed by atoms with Gasteiger partial charge in [-0.05, 0) is 49.9 Å². The lowest BCUT2D eigenvalue weighted by atomic mass is 10.1. The summed E-state index contributed by atoms with van der Waals surface area (Å²) in [6, 6.07) is 22.7. The number of aliphatic carboxylic acids is 1. The molecular formula is C27H28N2O3S. The van der Waals surface area contributed by atoms with Crippen LogP contribution in [0.4, 0.5) is 0 Å². The Balaban J connectivity index is 1.65. The minimum absolute atomic E-state index is 0.201. The molecular weight excluding hydrogens is 432 g/mol. The first-order valence-corrected chi connectivity index (χ1v) is 11.7. The highest BCUT2D eigenvalue weighted by atomic mass is 32.1. The lowest BCUT2D eigenvalue weighted by Crippen LogP contribution is -2.03. The molecule has 1 N–H and O–H groups in total. The minimum Gasteiger partial charge on any atom is -0.493 e. The van der Waals surface area contributed by atoms with E-state index >= 15 is 0 Å². The number of ether oxygens (including phenoxy) is 1. The van der Waals surface area contributed by atoms with Crippen LogP contribution in [-0.2, 0) is 11.2 Å². The molecule has 0 amide bonds. The molecule has 0 aliphatic carbocycles. The van der Waals surface area contributed by atoms with Crippen LogP contribution in [0.2, 0.25) is 0 Å². The number of fused-ring (bicyclic) bond motifs is 1. The number of aromatic nitrogens is 2. The van der Waals surface area contributed by atoms with Crippen LogP contribution in [-0.4, -0.2) is 27.2 Å². The lowest BCUT2D eigenvalue weighted by molar-refractivity contribution is -0.137. The van der Waals surface area contributed by atoms with Gasteiger partial charge in [-0.25, -0.2) is 4.98 Å². The van der Waals surface area contributed by atoms with Gasteiger partial charge in [0.15, 0.2) is 0 Å². The van der Waals surface area contributed by atoms with Crippen LogP contribution >= 0.6 is 12.6 Å². The van der Waals surface area contributed by atoms with E-state index in [1.807, 2.05) is 30.3 Å². The molecule has 1 heterocycles. The number of thiol groups is 1. The first-order chi connectivity index (χ1) is 16.0. The Bertz CT molecular complexity index is 1230. The number of benzene rings is 3. The summed E-state index contributed by atoms with van der Waals surface area (Å²) in [4.78, 5) is 16.4. The predicted octanol–water partition coefficient (Wildman–Crippen LogP) is 6.24. The fourth-order valence-corrected chi connectivity index (χ4v) is 4.18. The molecule has 0 atom stereocenters. The molecule has 170 valence electrons. The molecule has 0 fully saturated rings. The molecule has 5 nitrogen and oxygen atoms in total. The molecule has 0 aliphatic rings. The third-order valence-electron chi connectivity index (χ3n) is 5.58. The molecule has 6 heteroatoms. The Kier molecular flexibility index (Phi) is 7.35. The van der Waals surface area contributed by atoms with E-state index in [1.54, 1.807) is 0 Å². The van der Waals surface area contributed by atoms with Gasteiger partial charge in [0.25, 0.3) is 0 Å². The zero-order chi connectivity index (χ0) is 23.2. The quantitative estimate of drug-likeness (QED) is 0.217. The Morgan fingerprint density at radius 1 is 1.03 bits per heavy atom. The summed E-state index contributed by atoms with van der Waals surface area (Å²) in [6.45, 7) is 2.61. The number of nitrogens with zero attached hydrogens (tertiary/aromatic N) is 2. The second kappa shape index (κ2) is 10.6. The van der Waals surface area contributed by atoms with Crippen molar-refractivity contribution in [3.63, 3.8) is 0 Å². The first-order valence-electron chi connectivity index (χ1n) is 11.2. The maximum atomic E-state index is 10.7. The number of rotatable bonds is 10. The molecule has 0 spiro atoms. The van der Waals surface area contributed by atoms with Crippen LogP contribution in [0.5, 0.6) is 5.75 Å². The van der Waals surface area contributed by atoms with Gasteiger partial charge in [-0.15, -0.1) is 12.6 Å². The summed E-state index contributed by atoms with van der Waals surface area (Å²) >= 11 is 4.72. The Morgan fingerprint density at radius 3 is 2.52 bits per heavy atom. The SMILES string of the molecule is Cc1ccc(-n2c(Cc3ccccc3)nc3c(S)cc(OCCCCCC(=O)O)cc32)cc1. The maximum absolute atomic E-state index is 10.7. The van der Waals surface area contributed by atoms with Gasteiger partial charge in [0.2, 0.25) is 0 Å². The summed E-state index contributed by atoms with van der Waals surface area (Å²) in [6.07, 6.45) is 3.20. The van der Waals surface area contributed by atoms with Crippen LogP contribution in [0.15, 0.2) is 71.6 Å². The number of carboxylic acid groups (broad SMARTS) is 1. The van der Waals surface area contributed by atoms with Crippen molar-refractivity contribution in [1.29, 1.82) is 0 Å². The van der Waals surface area contributed by atoms with E-state index in [1.165, 1.54) is 11.1 Å². The molecule has 0 unspecified atom stereocenters. The highest BCUT2D eigenvalue weighted by Crippen LogP contribution is 2.32. The molecule has 4 aromatic rings. The first kappa shape index (κ1) is 22.9. The van der Waals surface area contributed by atoms with Gasteiger partial charge in [0, 0.05) is 29.5 Å². The summed E-state index contributed by atoms with van der Waals surface area (Å²) in [5.41, 5.74) is 5.25. The summed E-state index contributed by atoms with van der Waals surface area (Å²) in [5, 5.41) is 8.76. The summed E-state index contributed by atoms with van der Waals surface area (Å²) < 4.78 is 8.18. The van der Waals surface area contributed by atoms with Crippen molar-refractivity contribution in [2.24, 2.45) is 0 Å². The van der Waals surface area contributed by atoms with Gasteiger partial charge in [-0.2, -0.15) is 0 Å². The molecule has 33 heavy (non-hydrogen) atoms. The molecule has 0 bridgehead atoms. The Hall–Kier alpha value is -3.25. The fraction of sp³-hybridized carbons (Fsp3) is 0.259. The molecule has 0 aliphatic heterocycles. The van der Waals surface area contributed by atoms with Crippen LogP contribution in [0.1, 0.15) is 42.6 Å². The van der Waals surface area contributed by atoms with Gasteiger partial charge in [0.05, 0.1) is 12.1 Å². The van der Waals surface area contributed by atoms with Crippen molar-refractivity contribution in [3.8, 4) is 11.4 Å². The third-order valence-corrected chi connectivity index (χ3v) is 5.92. The zero-order valence-electron chi connectivity index (χ0n) is 18.7. The van der Waals surface area contributed by atoms with E-state index < -0.39 is 5.97 Å². The molecule has 0 radical (unpaired) electrons. The van der Waals surface area contributed by atoms with Gasteiger partial charge in [-0.3, -0.25) is 9.36 Å². The van der Waals surface area contributed by atoms with E-state index in [-0.39, 0.29) is 6.42 Å². The lowest BCUT2D eigenvalue weighted by Gasteiger charge is -2.12. The van der Waals surface area contributed by atoms with E-state index in [9.17, 15) is 4.79 Å². The van der Waals surface area contributed by atoms with Crippen LogP contribution < -0.4 is 4.74 Å². The Labute approximate surface area is 199 Å². The normalized spacial score (nSPS) is 11.1. The topological polar surface area (TPSA) is 64.4 Å². The number of carbonyl (C=O) groups is 1. The van der Waals surface area contributed by atoms with Gasteiger partial charge in [-0.1, -0.05) is 48.0 Å².